The Balaban J connectivity index is 1.63. The molecule has 2 N–H and O–H groups in total. The van der Waals surface area contributed by atoms with Gasteiger partial charge in [0, 0.05) is 46.3 Å². The zero-order chi connectivity index (χ0) is 18.7. The fourth-order valence-corrected chi connectivity index (χ4v) is 2.84. The lowest BCUT2D eigenvalue weighted by molar-refractivity contribution is -0.118. The van der Waals surface area contributed by atoms with E-state index in [2.05, 4.69) is 20.8 Å². The molecule has 2 aromatic heterocycles. The number of hydrogen-bond donors (Lipinski definition) is 2. The van der Waals surface area contributed by atoms with E-state index < -0.39 is 0 Å². The van der Waals surface area contributed by atoms with E-state index in [4.69, 9.17) is 0 Å². The molecule has 3 heterocycles. The van der Waals surface area contributed by atoms with Crippen molar-refractivity contribution in [2.75, 3.05) is 19.6 Å². The summed E-state index contributed by atoms with van der Waals surface area (Å²) in [5, 5.41) is 13.3. The average Bonchev–Trinajstić information content (AvgIpc) is 3.23. The van der Waals surface area contributed by atoms with Crippen LogP contribution >= 0.6 is 0 Å². The molecule has 0 aliphatic carbocycles. The van der Waals surface area contributed by atoms with Gasteiger partial charge < -0.3 is 24.7 Å². The predicted molar refractivity (Wildman–Crippen MR) is 91.2 cm³/mol. The van der Waals surface area contributed by atoms with E-state index in [1.807, 2.05) is 19.3 Å². The van der Waals surface area contributed by atoms with Crippen LogP contribution in [0.3, 0.4) is 0 Å². The van der Waals surface area contributed by atoms with Gasteiger partial charge in [-0.1, -0.05) is 0 Å². The van der Waals surface area contributed by atoms with E-state index in [-0.39, 0.29) is 23.5 Å². The van der Waals surface area contributed by atoms with Gasteiger partial charge in [0.15, 0.2) is 5.82 Å². The smallest absolute Gasteiger partial charge is 0.289 e. The van der Waals surface area contributed by atoms with Crippen LogP contribution in [0.1, 0.15) is 33.9 Å². The van der Waals surface area contributed by atoms with Crippen LogP contribution in [-0.2, 0) is 24.9 Å². The minimum Gasteiger partial charge on any atom is -0.355 e. The number of rotatable bonds is 5. The van der Waals surface area contributed by atoms with Crippen LogP contribution in [0.15, 0.2) is 18.3 Å². The Bertz CT molecular complexity index is 839. The SMILES string of the molecule is CC(=O)NCCNC(=O)c1nnc2n1CCN(C(=O)c1cccn1C)C2. The molecule has 0 atom stereocenters. The molecule has 1 aliphatic heterocycles. The number of nitrogens with zero attached hydrogens (tertiary/aromatic N) is 5. The summed E-state index contributed by atoms with van der Waals surface area (Å²) in [6, 6.07) is 3.60. The highest BCUT2D eigenvalue weighted by Crippen LogP contribution is 2.15. The highest BCUT2D eigenvalue weighted by atomic mass is 16.2. The molecule has 0 bridgehead atoms. The largest absolute Gasteiger partial charge is 0.355 e. The number of aromatic nitrogens is 4. The molecule has 26 heavy (non-hydrogen) atoms. The maximum Gasteiger partial charge on any atom is 0.289 e. The van der Waals surface area contributed by atoms with Crippen molar-refractivity contribution in [2.24, 2.45) is 7.05 Å². The van der Waals surface area contributed by atoms with Gasteiger partial charge in [-0.2, -0.15) is 0 Å². The van der Waals surface area contributed by atoms with Gasteiger partial charge in [0.1, 0.15) is 5.69 Å². The first kappa shape index (κ1) is 17.6. The van der Waals surface area contributed by atoms with Gasteiger partial charge in [0.05, 0.1) is 6.54 Å². The lowest BCUT2D eigenvalue weighted by Gasteiger charge is -2.27. The van der Waals surface area contributed by atoms with Crippen LogP contribution in [-0.4, -0.2) is 61.6 Å². The first-order valence-corrected chi connectivity index (χ1v) is 8.32. The monoisotopic (exact) mass is 359 g/mol. The van der Waals surface area contributed by atoms with Gasteiger partial charge in [-0.15, -0.1) is 10.2 Å². The molecule has 0 fully saturated rings. The van der Waals surface area contributed by atoms with Gasteiger partial charge >= 0.3 is 0 Å². The molecule has 0 saturated heterocycles. The Morgan fingerprint density at radius 1 is 1.15 bits per heavy atom. The van der Waals surface area contributed by atoms with Gasteiger partial charge in [0.2, 0.25) is 11.7 Å². The van der Waals surface area contributed by atoms with Crippen LogP contribution in [0.25, 0.3) is 0 Å². The maximum absolute atomic E-state index is 12.6. The van der Waals surface area contributed by atoms with Crippen molar-refractivity contribution in [3.05, 3.63) is 35.7 Å². The molecule has 1 aliphatic rings. The van der Waals surface area contributed by atoms with Crippen molar-refractivity contribution >= 4 is 17.7 Å². The van der Waals surface area contributed by atoms with E-state index in [9.17, 15) is 14.4 Å². The third-order valence-electron chi connectivity index (χ3n) is 4.19. The molecule has 0 saturated carbocycles. The van der Waals surface area contributed by atoms with Crippen molar-refractivity contribution in [3.8, 4) is 0 Å². The fourth-order valence-electron chi connectivity index (χ4n) is 2.84. The topological polar surface area (TPSA) is 114 Å². The number of aryl methyl sites for hydroxylation is 1. The third-order valence-corrected chi connectivity index (χ3v) is 4.19. The van der Waals surface area contributed by atoms with Gasteiger partial charge in [-0.3, -0.25) is 14.4 Å². The molecule has 2 aromatic rings. The van der Waals surface area contributed by atoms with Crippen LogP contribution < -0.4 is 10.6 Å². The molecule has 0 spiro atoms. The second-order valence-electron chi connectivity index (χ2n) is 6.06. The maximum atomic E-state index is 12.6. The van der Waals surface area contributed by atoms with Crippen molar-refractivity contribution in [1.29, 1.82) is 0 Å². The molecule has 138 valence electrons. The Kier molecular flexibility index (Phi) is 5.01. The van der Waals surface area contributed by atoms with Gasteiger partial charge in [-0.25, -0.2) is 0 Å². The minimum atomic E-state index is -0.351. The highest BCUT2D eigenvalue weighted by molar-refractivity contribution is 5.93. The van der Waals surface area contributed by atoms with E-state index >= 15 is 0 Å². The second kappa shape index (κ2) is 7.38. The predicted octanol–water partition coefficient (Wildman–Crippen LogP) is -0.861. The molecule has 0 aromatic carbocycles. The summed E-state index contributed by atoms with van der Waals surface area (Å²) in [4.78, 5) is 37.3. The summed E-state index contributed by atoms with van der Waals surface area (Å²) in [6.07, 6.45) is 1.82. The van der Waals surface area contributed by atoms with Crippen LogP contribution in [0.5, 0.6) is 0 Å². The Morgan fingerprint density at radius 3 is 2.62 bits per heavy atom. The minimum absolute atomic E-state index is 0.0759. The molecular formula is C16H21N7O3. The lowest BCUT2D eigenvalue weighted by atomic mass is 10.3. The number of carbonyl (C=O) groups is 3. The summed E-state index contributed by atoms with van der Waals surface area (Å²) in [7, 11) is 1.82. The van der Waals surface area contributed by atoms with E-state index in [0.717, 1.165) is 0 Å². The first-order valence-electron chi connectivity index (χ1n) is 8.32. The summed E-state index contributed by atoms with van der Waals surface area (Å²) in [5.41, 5.74) is 0.605. The van der Waals surface area contributed by atoms with Crippen molar-refractivity contribution in [3.63, 3.8) is 0 Å². The number of amides is 3. The first-order chi connectivity index (χ1) is 12.5. The number of nitrogens with one attached hydrogen (secondary N) is 2. The molecule has 10 nitrogen and oxygen atoms in total. The van der Waals surface area contributed by atoms with E-state index in [1.54, 1.807) is 20.1 Å². The van der Waals surface area contributed by atoms with E-state index in [1.165, 1.54) is 6.92 Å². The number of carbonyl (C=O) groups excluding carboxylic acids is 3. The molecule has 10 heteroatoms. The fraction of sp³-hybridized carbons (Fsp3) is 0.438. The second-order valence-corrected chi connectivity index (χ2v) is 6.06. The molecule has 3 amide bonds. The van der Waals surface area contributed by atoms with Crippen LogP contribution in [0, 0.1) is 0 Å². The lowest BCUT2D eigenvalue weighted by Crippen LogP contribution is -2.40. The summed E-state index contributed by atoms with van der Waals surface area (Å²) >= 11 is 0. The van der Waals surface area contributed by atoms with Crippen molar-refractivity contribution < 1.29 is 14.4 Å². The van der Waals surface area contributed by atoms with E-state index in [0.29, 0.717) is 44.2 Å². The zero-order valence-electron chi connectivity index (χ0n) is 14.7. The Hall–Kier alpha value is -3.17. The molecule has 0 unspecified atom stereocenters. The van der Waals surface area contributed by atoms with Crippen LogP contribution in [0.4, 0.5) is 0 Å². The molecule has 3 rings (SSSR count). The molecule has 0 radical (unpaired) electrons. The van der Waals surface area contributed by atoms with Gasteiger partial charge in [0.25, 0.3) is 11.8 Å². The standard InChI is InChI=1S/C16H21N7O3/c1-11(24)17-5-6-18-15(25)14-20-19-13-10-22(8-9-23(13)14)16(26)12-4-3-7-21(12)2/h3-4,7H,5-6,8-10H2,1-2H3,(H,17,24)(H,18,25). The third kappa shape index (κ3) is 3.58. The summed E-state index contributed by atoms with van der Waals surface area (Å²) in [6.45, 7) is 3.29. The average molecular weight is 359 g/mol. The Labute approximate surface area is 150 Å². The van der Waals surface area contributed by atoms with Gasteiger partial charge in [-0.05, 0) is 12.1 Å². The zero-order valence-corrected chi connectivity index (χ0v) is 14.7. The summed E-state index contributed by atoms with van der Waals surface area (Å²) in [5.74, 6) is 0.214. The number of fused-ring (bicyclic) bond motifs is 1. The van der Waals surface area contributed by atoms with Crippen molar-refractivity contribution in [1.82, 2.24) is 34.9 Å². The summed E-state index contributed by atoms with van der Waals surface area (Å²) < 4.78 is 3.50. The normalized spacial score (nSPS) is 13.2. The van der Waals surface area contributed by atoms with Crippen molar-refractivity contribution in [2.45, 2.75) is 20.0 Å². The Morgan fingerprint density at radius 2 is 1.92 bits per heavy atom. The highest BCUT2D eigenvalue weighted by Gasteiger charge is 2.28. The number of hydrogen-bond acceptors (Lipinski definition) is 5. The molecular weight excluding hydrogens is 338 g/mol. The van der Waals surface area contributed by atoms with Crippen LogP contribution in [0.2, 0.25) is 0 Å². The quantitative estimate of drug-likeness (QED) is 0.674.